The van der Waals surface area contributed by atoms with Gasteiger partial charge < -0.3 is 0 Å². The standard InChI is InChI=1S/C7H8ClN3/c1-2-3-11-7(4-9)6(8)5-10-11/h5H,2-3H2,1H3. The summed E-state index contributed by atoms with van der Waals surface area (Å²) in [6, 6.07) is 2.00. The van der Waals surface area contributed by atoms with Gasteiger partial charge in [0, 0.05) is 6.54 Å². The summed E-state index contributed by atoms with van der Waals surface area (Å²) in [6.07, 6.45) is 2.45. The third-order valence-electron chi connectivity index (χ3n) is 1.34. The summed E-state index contributed by atoms with van der Waals surface area (Å²) in [5, 5.41) is 13.0. The molecule has 0 unspecified atom stereocenters. The second-order valence-electron chi connectivity index (χ2n) is 2.18. The number of hydrogen-bond acceptors (Lipinski definition) is 2. The predicted octanol–water partition coefficient (Wildman–Crippen LogP) is 1.82. The van der Waals surface area contributed by atoms with Crippen LogP contribution in [0.3, 0.4) is 0 Å². The van der Waals surface area contributed by atoms with Crippen LogP contribution in [0, 0.1) is 11.3 Å². The highest BCUT2D eigenvalue weighted by Gasteiger charge is 2.05. The van der Waals surface area contributed by atoms with Crippen LogP contribution in [0.2, 0.25) is 5.02 Å². The fraction of sp³-hybridized carbons (Fsp3) is 0.429. The van der Waals surface area contributed by atoms with Crippen LogP contribution in [0.5, 0.6) is 0 Å². The highest BCUT2D eigenvalue weighted by Crippen LogP contribution is 2.13. The molecule has 0 aliphatic carbocycles. The van der Waals surface area contributed by atoms with Crippen LogP contribution in [0.4, 0.5) is 0 Å². The van der Waals surface area contributed by atoms with Gasteiger partial charge in [0.05, 0.1) is 11.2 Å². The number of hydrogen-bond donors (Lipinski definition) is 0. The Hall–Kier alpha value is -1.01. The molecular weight excluding hydrogens is 162 g/mol. The smallest absolute Gasteiger partial charge is 0.157 e. The highest BCUT2D eigenvalue weighted by molar-refractivity contribution is 6.31. The van der Waals surface area contributed by atoms with Crippen LogP contribution in [-0.2, 0) is 6.54 Å². The molecule has 0 fully saturated rings. The molecule has 11 heavy (non-hydrogen) atoms. The number of rotatable bonds is 2. The Morgan fingerprint density at radius 1 is 1.82 bits per heavy atom. The summed E-state index contributed by atoms with van der Waals surface area (Å²) < 4.78 is 1.61. The Balaban J connectivity index is 2.98. The molecule has 0 aliphatic rings. The minimum Gasteiger partial charge on any atom is -0.253 e. The molecule has 1 aromatic rings. The first kappa shape index (κ1) is 8.09. The molecule has 1 heterocycles. The lowest BCUT2D eigenvalue weighted by molar-refractivity contribution is 0.596. The van der Waals surface area contributed by atoms with Gasteiger partial charge in [-0.3, -0.25) is 4.68 Å². The summed E-state index contributed by atoms with van der Waals surface area (Å²) in [4.78, 5) is 0. The van der Waals surface area contributed by atoms with Gasteiger partial charge in [0.15, 0.2) is 5.69 Å². The van der Waals surface area contributed by atoms with Crippen LogP contribution in [-0.4, -0.2) is 9.78 Å². The Bertz CT molecular complexity index is 284. The van der Waals surface area contributed by atoms with Gasteiger partial charge in [0.1, 0.15) is 6.07 Å². The highest BCUT2D eigenvalue weighted by atomic mass is 35.5. The Kier molecular flexibility index (Phi) is 2.50. The zero-order valence-electron chi connectivity index (χ0n) is 6.21. The molecule has 0 bridgehead atoms. The average molecular weight is 170 g/mol. The summed E-state index contributed by atoms with van der Waals surface area (Å²) in [7, 11) is 0. The van der Waals surface area contributed by atoms with Crippen molar-refractivity contribution in [2.45, 2.75) is 19.9 Å². The maximum absolute atomic E-state index is 8.62. The monoisotopic (exact) mass is 169 g/mol. The van der Waals surface area contributed by atoms with Crippen molar-refractivity contribution in [2.24, 2.45) is 0 Å². The maximum atomic E-state index is 8.62. The summed E-state index contributed by atoms with van der Waals surface area (Å²) in [5.41, 5.74) is 0.452. The first-order valence-corrected chi connectivity index (χ1v) is 3.78. The fourth-order valence-corrected chi connectivity index (χ4v) is 1.04. The zero-order chi connectivity index (χ0) is 8.27. The fourth-order valence-electron chi connectivity index (χ4n) is 0.855. The van der Waals surface area contributed by atoms with E-state index in [1.807, 2.05) is 13.0 Å². The number of halogens is 1. The van der Waals surface area contributed by atoms with Gasteiger partial charge in [-0.15, -0.1) is 0 Å². The van der Waals surface area contributed by atoms with Crippen molar-refractivity contribution in [1.82, 2.24) is 9.78 Å². The van der Waals surface area contributed by atoms with E-state index < -0.39 is 0 Å². The normalized spacial score (nSPS) is 9.55. The average Bonchev–Trinajstić information content (AvgIpc) is 2.33. The number of nitrogens with zero attached hydrogens (tertiary/aromatic N) is 3. The Labute approximate surface area is 70.2 Å². The van der Waals surface area contributed by atoms with Crippen molar-refractivity contribution >= 4 is 11.6 Å². The second kappa shape index (κ2) is 3.40. The molecule has 0 radical (unpaired) electrons. The lowest BCUT2D eigenvalue weighted by Crippen LogP contribution is -2.01. The molecule has 0 aromatic carbocycles. The molecule has 0 saturated heterocycles. The molecule has 1 aromatic heterocycles. The summed E-state index contributed by atoms with van der Waals surface area (Å²) in [5.74, 6) is 0. The van der Waals surface area contributed by atoms with Gasteiger partial charge in [-0.05, 0) is 6.42 Å². The van der Waals surface area contributed by atoms with Gasteiger partial charge in [-0.25, -0.2) is 0 Å². The van der Waals surface area contributed by atoms with Crippen LogP contribution < -0.4 is 0 Å². The SMILES string of the molecule is CCCn1ncc(Cl)c1C#N. The number of nitriles is 1. The molecule has 0 atom stereocenters. The number of aromatic nitrogens is 2. The maximum Gasteiger partial charge on any atom is 0.157 e. The zero-order valence-corrected chi connectivity index (χ0v) is 6.97. The van der Waals surface area contributed by atoms with Gasteiger partial charge in [0.2, 0.25) is 0 Å². The van der Waals surface area contributed by atoms with Crippen molar-refractivity contribution in [3.63, 3.8) is 0 Å². The van der Waals surface area contributed by atoms with Gasteiger partial charge in [-0.2, -0.15) is 10.4 Å². The van der Waals surface area contributed by atoms with E-state index in [0.717, 1.165) is 13.0 Å². The van der Waals surface area contributed by atoms with E-state index >= 15 is 0 Å². The molecule has 0 saturated carbocycles. The first-order chi connectivity index (χ1) is 5.29. The van der Waals surface area contributed by atoms with Crippen molar-refractivity contribution in [3.05, 3.63) is 16.9 Å². The van der Waals surface area contributed by atoms with Crippen LogP contribution in [0.15, 0.2) is 6.20 Å². The van der Waals surface area contributed by atoms with E-state index in [9.17, 15) is 0 Å². The molecule has 1 rings (SSSR count). The van der Waals surface area contributed by atoms with Crippen molar-refractivity contribution < 1.29 is 0 Å². The molecule has 0 aliphatic heterocycles. The molecule has 0 amide bonds. The van der Waals surface area contributed by atoms with Gasteiger partial charge in [-0.1, -0.05) is 18.5 Å². The summed E-state index contributed by atoms with van der Waals surface area (Å²) in [6.45, 7) is 2.77. The van der Waals surface area contributed by atoms with E-state index in [4.69, 9.17) is 16.9 Å². The largest absolute Gasteiger partial charge is 0.253 e. The van der Waals surface area contributed by atoms with E-state index in [1.54, 1.807) is 4.68 Å². The third-order valence-corrected chi connectivity index (χ3v) is 1.61. The third kappa shape index (κ3) is 1.52. The topological polar surface area (TPSA) is 41.6 Å². The second-order valence-corrected chi connectivity index (χ2v) is 2.58. The molecule has 3 nitrogen and oxygen atoms in total. The first-order valence-electron chi connectivity index (χ1n) is 3.41. The van der Waals surface area contributed by atoms with Crippen molar-refractivity contribution in [1.29, 1.82) is 5.26 Å². The molecular formula is C7H8ClN3. The van der Waals surface area contributed by atoms with E-state index in [1.165, 1.54) is 6.20 Å². The number of aryl methyl sites for hydroxylation is 1. The van der Waals surface area contributed by atoms with Crippen molar-refractivity contribution in [2.75, 3.05) is 0 Å². The van der Waals surface area contributed by atoms with Crippen LogP contribution in [0.1, 0.15) is 19.0 Å². The molecule has 0 spiro atoms. The minimum atomic E-state index is 0.431. The quantitative estimate of drug-likeness (QED) is 0.678. The van der Waals surface area contributed by atoms with E-state index in [2.05, 4.69) is 5.10 Å². The van der Waals surface area contributed by atoms with E-state index in [-0.39, 0.29) is 0 Å². The van der Waals surface area contributed by atoms with Gasteiger partial charge >= 0.3 is 0 Å². The minimum absolute atomic E-state index is 0.431. The molecule has 58 valence electrons. The lowest BCUT2D eigenvalue weighted by atomic mass is 10.4. The Morgan fingerprint density at radius 2 is 2.55 bits per heavy atom. The van der Waals surface area contributed by atoms with Crippen molar-refractivity contribution in [3.8, 4) is 6.07 Å². The van der Waals surface area contributed by atoms with Gasteiger partial charge in [0.25, 0.3) is 0 Å². The Morgan fingerprint density at radius 3 is 3.09 bits per heavy atom. The van der Waals surface area contributed by atoms with Crippen LogP contribution >= 0.6 is 11.6 Å². The summed E-state index contributed by atoms with van der Waals surface area (Å²) >= 11 is 5.67. The molecule has 4 heteroatoms. The van der Waals surface area contributed by atoms with Crippen LogP contribution in [0.25, 0.3) is 0 Å². The lowest BCUT2D eigenvalue weighted by Gasteiger charge is -1.97. The predicted molar refractivity (Wildman–Crippen MR) is 42.2 cm³/mol. The van der Waals surface area contributed by atoms with E-state index in [0.29, 0.717) is 10.7 Å². The molecule has 0 N–H and O–H groups in total.